The zero-order valence-corrected chi connectivity index (χ0v) is 45.6. The first kappa shape index (κ1) is 53.5. The summed E-state index contributed by atoms with van der Waals surface area (Å²) in [5.74, 6) is -0.152. The highest BCUT2D eigenvalue weighted by molar-refractivity contribution is 6.01. The molecule has 8 aromatic rings. The Hall–Kier alpha value is -7.16. The predicted molar refractivity (Wildman–Crippen MR) is 304 cm³/mol. The summed E-state index contributed by atoms with van der Waals surface area (Å²) in [7, 11) is 3.34. The second-order valence-corrected chi connectivity index (χ2v) is 22.5. The number of benzene rings is 4. The highest BCUT2D eigenvalue weighted by atomic mass is 19.1. The fourth-order valence-corrected chi connectivity index (χ4v) is 12.9. The number of aromatic hydroxyl groups is 2. The molecule has 0 spiro atoms. The van der Waals surface area contributed by atoms with Crippen molar-refractivity contribution in [3.05, 3.63) is 96.8 Å². The number of nitrogens with zero attached hydrogens (tertiary/aromatic N) is 8. The molecule has 1 unspecified atom stereocenters. The van der Waals surface area contributed by atoms with Crippen LogP contribution in [0.5, 0.6) is 23.5 Å². The van der Waals surface area contributed by atoms with Crippen LogP contribution in [0.4, 0.5) is 20.4 Å². The number of ether oxygens (including phenoxy) is 5. The lowest BCUT2D eigenvalue weighted by Crippen LogP contribution is -2.51. The van der Waals surface area contributed by atoms with E-state index in [1.807, 2.05) is 55.5 Å². The molecule has 4 aromatic carbocycles. The zero-order valence-electron chi connectivity index (χ0n) is 45.6. The second-order valence-electron chi connectivity index (χ2n) is 22.5. The van der Waals surface area contributed by atoms with Gasteiger partial charge in [-0.2, -0.15) is 19.9 Å². The van der Waals surface area contributed by atoms with Crippen molar-refractivity contribution in [1.82, 2.24) is 39.7 Å². The number of nitrogens with one attached hydrogen (secondary N) is 2. The largest absolute Gasteiger partial charge is 0.508 e. The van der Waals surface area contributed by atoms with Gasteiger partial charge in [-0.1, -0.05) is 48.5 Å². The van der Waals surface area contributed by atoms with Crippen molar-refractivity contribution in [2.75, 3.05) is 97.2 Å². The van der Waals surface area contributed by atoms with Crippen LogP contribution in [0, 0.1) is 17.0 Å². The molecule has 19 heteroatoms. The Bertz CT molecular complexity index is 3570. The van der Waals surface area contributed by atoms with Gasteiger partial charge < -0.3 is 44.5 Å². The van der Waals surface area contributed by atoms with Crippen molar-refractivity contribution in [3.8, 4) is 46.0 Å². The van der Waals surface area contributed by atoms with E-state index in [2.05, 4.69) is 45.4 Å². The molecule has 0 radical (unpaired) electrons. The van der Waals surface area contributed by atoms with Gasteiger partial charge in [0.05, 0.1) is 47.1 Å². The van der Waals surface area contributed by atoms with Crippen molar-refractivity contribution < 1.29 is 42.7 Å². The number of hydrogen-bond acceptors (Lipinski definition) is 17. The molecule has 5 saturated heterocycles. The maximum Gasteiger partial charge on any atom is 0.319 e. The van der Waals surface area contributed by atoms with E-state index >= 15 is 8.78 Å². The molecule has 1 atom stereocenters. The number of hydrogen-bond donors (Lipinski definition) is 4. The molecule has 4 aromatic heterocycles. The normalized spacial score (nSPS) is 18.5. The molecule has 418 valence electrons. The van der Waals surface area contributed by atoms with Crippen LogP contribution < -0.4 is 20.1 Å². The first-order valence-corrected chi connectivity index (χ1v) is 28.0. The van der Waals surface area contributed by atoms with E-state index in [-0.39, 0.29) is 68.5 Å². The van der Waals surface area contributed by atoms with Gasteiger partial charge in [0.1, 0.15) is 58.8 Å². The van der Waals surface area contributed by atoms with Crippen LogP contribution >= 0.6 is 0 Å². The predicted octanol–water partition coefficient (Wildman–Crippen LogP) is 10.3. The van der Waals surface area contributed by atoms with Crippen molar-refractivity contribution in [1.29, 1.82) is 0 Å². The van der Waals surface area contributed by atoms with Crippen LogP contribution in [0.2, 0.25) is 0 Å². The fraction of sp³-hybridized carbons (Fsp3) is 0.443. The van der Waals surface area contributed by atoms with Crippen molar-refractivity contribution in [2.24, 2.45) is 5.41 Å². The van der Waals surface area contributed by atoms with Crippen molar-refractivity contribution in [2.45, 2.75) is 81.8 Å². The zero-order chi connectivity index (χ0) is 55.0. The third-order valence-corrected chi connectivity index (χ3v) is 17.1. The highest BCUT2D eigenvalue weighted by Gasteiger charge is 2.46. The Balaban J connectivity index is 0.000000159. The topological polar surface area (TPSA) is 194 Å². The number of pyridine rings is 2. The van der Waals surface area contributed by atoms with Crippen LogP contribution in [0.3, 0.4) is 0 Å². The van der Waals surface area contributed by atoms with Gasteiger partial charge >= 0.3 is 12.0 Å². The van der Waals surface area contributed by atoms with Crippen molar-refractivity contribution >= 4 is 55.0 Å². The monoisotopic (exact) mass is 1090 g/mol. The summed E-state index contributed by atoms with van der Waals surface area (Å²) in [6, 6.07) is 21.8. The number of methoxy groups -OCH3 is 2. The van der Waals surface area contributed by atoms with Gasteiger partial charge in [0.25, 0.3) is 0 Å². The van der Waals surface area contributed by atoms with Crippen LogP contribution in [-0.4, -0.2) is 154 Å². The molecule has 4 N–H and O–H groups in total. The van der Waals surface area contributed by atoms with Crippen LogP contribution in [-0.2, 0) is 14.2 Å². The molecule has 9 heterocycles. The summed E-state index contributed by atoms with van der Waals surface area (Å²) in [5.41, 5.74) is 1.30. The van der Waals surface area contributed by atoms with Gasteiger partial charge in [-0.05, 0) is 137 Å². The van der Waals surface area contributed by atoms with Gasteiger partial charge in [-0.25, -0.2) is 8.78 Å². The lowest BCUT2D eigenvalue weighted by Gasteiger charge is -2.41. The number of fused-ring (bicyclic) bond motifs is 6. The van der Waals surface area contributed by atoms with E-state index in [1.54, 1.807) is 38.7 Å². The van der Waals surface area contributed by atoms with Gasteiger partial charge in [-0.3, -0.25) is 19.8 Å². The smallest absolute Gasteiger partial charge is 0.319 e. The Morgan fingerprint density at radius 2 is 1.11 bits per heavy atom. The van der Waals surface area contributed by atoms with Crippen LogP contribution in [0.15, 0.2) is 85.2 Å². The van der Waals surface area contributed by atoms with E-state index in [0.717, 1.165) is 106 Å². The Labute approximate surface area is 463 Å². The second kappa shape index (κ2) is 22.4. The lowest BCUT2D eigenvalue weighted by molar-refractivity contribution is -0.134. The number of halogens is 2. The summed E-state index contributed by atoms with van der Waals surface area (Å²) in [6.07, 6.45) is 12.9. The minimum absolute atomic E-state index is 0.000129. The number of aromatic nitrogens is 6. The SMILES string of the molecule is COCC1(CNc2nc(OCC34CCCN3CCC4)nc3c(F)c(-c4cc(O)cc5ccccc45)ncc23)COC1.COCCC(C)Nc1nc(OCC23CCCN2CCC3)nc2c(F)c(-c3cc(O)cc4ccccc34)ncc12. The molecule has 5 aliphatic rings. The minimum Gasteiger partial charge on any atom is -0.508 e. The third kappa shape index (κ3) is 10.3. The number of phenols is 2. The van der Waals surface area contributed by atoms with E-state index < -0.39 is 11.6 Å². The van der Waals surface area contributed by atoms with E-state index in [0.29, 0.717) is 79.7 Å². The molecule has 80 heavy (non-hydrogen) atoms. The van der Waals surface area contributed by atoms with Gasteiger partial charge in [-0.15, -0.1) is 0 Å². The van der Waals surface area contributed by atoms with Crippen LogP contribution in [0.25, 0.3) is 65.9 Å². The molecule has 0 bridgehead atoms. The summed E-state index contributed by atoms with van der Waals surface area (Å²) >= 11 is 0. The summed E-state index contributed by atoms with van der Waals surface area (Å²) in [4.78, 5) is 32.6. The average molecular weight is 1090 g/mol. The fourth-order valence-electron chi connectivity index (χ4n) is 12.9. The molecule has 17 nitrogen and oxygen atoms in total. The molecule has 0 aliphatic carbocycles. The van der Waals surface area contributed by atoms with Gasteiger partial charge in [0, 0.05) is 56.9 Å². The number of phenolic OH excluding ortho intramolecular Hbond substituents is 2. The first-order valence-electron chi connectivity index (χ1n) is 28.0. The van der Waals surface area contributed by atoms with Gasteiger partial charge in [0.2, 0.25) is 0 Å². The maximum absolute atomic E-state index is 16.4. The molecule has 13 rings (SSSR count). The highest BCUT2D eigenvalue weighted by Crippen LogP contribution is 2.43. The Morgan fingerprint density at radius 1 is 0.625 bits per heavy atom. The number of anilines is 2. The van der Waals surface area contributed by atoms with E-state index in [1.165, 1.54) is 12.1 Å². The first-order chi connectivity index (χ1) is 39.0. The standard InChI is InChI=1S/C31H34FN5O4.C30H34FN5O3/c1-39-16-30(17-40-18-30)15-34-28-24-14-33-26(23-13-21(38)12-20-6-2-3-7-22(20)23)25(32)27(24)35-29(36-28)41-19-31-8-4-10-37(31)11-5-9-31;1-19(9-14-38-2)33-28-24-17-32-26(23-16-21(37)15-20-7-3-4-8-22(20)23)25(31)27(24)34-29(35-28)39-18-30-10-5-12-36(30)13-6-11-30/h2-3,6-7,12-14,38H,4-5,8-11,15-19H2,1H3,(H,34,35,36);3-4,7-8,15-17,19,37H,5-6,9-14,18H2,1-2H3,(H,33,34,35). The molecule has 5 fully saturated rings. The maximum atomic E-state index is 16.4. The Morgan fingerprint density at radius 3 is 1.59 bits per heavy atom. The number of rotatable bonds is 18. The molecule has 0 amide bonds. The molecule has 5 aliphatic heterocycles. The molecular formula is C61H68F2N10O7. The lowest BCUT2D eigenvalue weighted by atomic mass is 9.87. The van der Waals surface area contributed by atoms with Crippen LogP contribution in [0.1, 0.15) is 64.7 Å². The quantitative estimate of drug-likeness (QED) is 0.0633. The third-order valence-electron chi connectivity index (χ3n) is 17.1. The molecule has 0 saturated carbocycles. The van der Waals surface area contributed by atoms with E-state index in [9.17, 15) is 10.2 Å². The summed E-state index contributed by atoms with van der Waals surface area (Å²) in [5, 5.41) is 31.7. The molecular weight excluding hydrogens is 1020 g/mol. The van der Waals surface area contributed by atoms with Gasteiger partial charge in [0.15, 0.2) is 11.6 Å². The minimum atomic E-state index is -0.589. The summed E-state index contributed by atoms with van der Waals surface area (Å²) < 4.78 is 61.4. The Kier molecular flexibility index (Phi) is 15.0. The average Bonchev–Trinajstić information content (AvgIpc) is 4.25. The summed E-state index contributed by atoms with van der Waals surface area (Å²) in [6.45, 7) is 10.1. The van der Waals surface area contributed by atoms with E-state index in [4.69, 9.17) is 28.7 Å². The van der Waals surface area contributed by atoms with Crippen molar-refractivity contribution in [3.63, 3.8) is 0 Å².